The Morgan fingerprint density at radius 3 is 2.68 bits per heavy atom. The van der Waals surface area contributed by atoms with E-state index in [0.717, 1.165) is 11.1 Å². The highest BCUT2D eigenvalue weighted by molar-refractivity contribution is 5.99. The van der Waals surface area contributed by atoms with Crippen LogP contribution in [0.25, 0.3) is 0 Å². The lowest BCUT2D eigenvalue weighted by atomic mass is 9.67. The molecule has 4 rings (SSSR count). The second kappa shape index (κ2) is 11.9. The maximum absolute atomic E-state index is 14.9. The Morgan fingerprint density at radius 1 is 1.16 bits per heavy atom. The summed E-state index contributed by atoms with van der Waals surface area (Å²) < 4.78 is 25.9. The summed E-state index contributed by atoms with van der Waals surface area (Å²) in [6.07, 6.45) is -0.734. The molecule has 4 atom stereocenters. The number of likely N-dealkylation sites (tertiary alicyclic amines) is 1. The van der Waals surface area contributed by atoms with E-state index in [1.54, 1.807) is 51.5 Å². The van der Waals surface area contributed by atoms with E-state index in [9.17, 15) is 14.3 Å². The van der Waals surface area contributed by atoms with E-state index in [0.29, 0.717) is 42.3 Å². The Bertz CT molecular complexity index is 1230. The molecule has 3 N–H and O–H groups in total. The van der Waals surface area contributed by atoms with Gasteiger partial charge in [-0.25, -0.2) is 4.39 Å². The molecule has 3 aromatic carbocycles. The maximum atomic E-state index is 14.9. The summed E-state index contributed by atoms with van der Waals surface area (Å²) in [7, 11) is 3.17. The van der Waals surface area contributed by atoms with E-state index < -0.39 is 12.0 Å². The number of hydrogen-bond acceptors (Lipinski definition) is 6. The number of nitrogens with zero attached hydrogens (tertiary/aromatic N) is 1. The fourth-order valence-electron chi connectivity index (χ4n) is 5.49. The quantitative estimate of drug-likeness (QED) is 0.429. The molecule has 1 heterocycles. The van der Waals surface area contributed by atoms with Crippen LogP contribution in [0.1, 0.15) is 38.9 Å². The van der Waals surface area contributed by atoms with Gasteiger partial charge in [-0.05, 0) is 48.4 Å². The van der Waals surface area contributed by atoms with Crippen molar-refractivity contribution in [2.75, 3.05) is 40.4 Å². The van der Waals surface area contributed by atoms with E-state index in [-0.39, 0.29) is 30.0 Å². The van der Waals surface area contributed by atoms with Crippen LogP contribution < -0.4 is 15.2 Å². The van der Waals surface area contributed by atoms with Crippen LogP contribution in [0.15, 0.2) is 60.7 Å². The van der Waals surface area contributed by atoms with Gasteiger partial charge in [-0.2, -0.15) is 0 Å². The number of nitrogens with two attached hydrogens (primary N) is 1. The summed E-state index contributed by atoms with van der Waals surface area (Å²) in [4.78, 5) is 16.2. The summed E-state index contributed by atoms with van der Waals surface area (Å²) in [6, 6.07) is 21.0. The van der Waals surface area contributed by atoms with Gasteiger partial charge in [0.15, 0.2) is 5.78 Å². The highest BCUT2D eigenvalue weighted by atomic mass is 19.1. The molecule has 3 aromatic rings. The first kappa shape index (κ1) is 26.8. The number of halogens is 1. The molecule has 0 aliphatic carbocycles. The van der Waals surface area contributed by atoms with Crippen LogP contribution in [0.3, 0.4) is 0 Å². The number of carbonyl (C=O) groups excluding carboxylic acids is 1. The van der Waals surface area contributed by atoms with Crippen molar-refractivity contribution in [1.29, 1.82) is 0 Å². The molecule has 1 unspecified atom stereocenters. The molecule has 0 saturated carbocycles. The molecule has 6 nitrogen and oxygen atoms in total. The van der Waals surface area contributed by atoms with Gasteiger partial charge < -0.3 is 20.3 Å². The number of Topliss-reactive ketones (excluding diaryl/α,β-unsaturated/α-hetero) is 1. The van der Waals surface area contributed by atoms with E-state index in [4.69, 9.17) is 15.2 Å². The summed E-state index contributed by atoms with van der Waals surface area (Å²) in [6.45, 7) is 3.10. The van der Waals surface area contributed by atoms with Gasteiger partial charge in [0.1, 0.15) is 17.3 Å². The first-order valence-electron chi connectivity index (χ1n) is 12.5. The number of piperidine rings is 1. The van der Waals surface area contributed by atoms with Crippen LogP contribution in [0.5, 0.6) is 11.5 Å². The molecule has 1 radical (unpaired) electrons. The van der Waals surface area contributed by atoms with Crippen molar-refractivity contribution in [3.05, 3.63) is 94.8 Å². The van der Waals surface area contributed by atoms with Crippen molar-refractivity contribution in [3.8, 4) is 11.5 Å². The van der Waals surface area contributed by atoms with Crippen LogP contribution in [-0.2, 0) is 0 Å². The summed E-state index contributed by atoms with van der Waals surface area (Å²) >= 11 is 0. The first-order chi connectivity index (χ1) is 17.9. The monoisotopic (exact) mass is 505 g/mol. The minimum Gasteiger partial charge on any atom is -0.497 e. The summed E-state index contributed by atoms with van der Waals surface area (Å²) in [5, 5.41) is 10.4. The van der Waals surface area contributed by atoms with Crippen molar-refractivity contribution in [2.45, 2.75) is 24.9 Å². The molecular weight excluding hydrogens is 471 g/mol. The molecule has 0 aromatic heterocycles. The van der Waals surface area contributed by atoms with Gasteiger partial charge in [0, 0.05) is 55.1 Å². The highest BCUT2D eigenvalue weighted by Crippen LogP contribution is 2.47. The SMILES string of the molecule is COc1cccc(C(=O)[C@H]2CN(CC(O)CN)C[C@H](c3[c]cccc3OC)[C@H]2c2cccc(F)c2C)c1. The number of methoxy groups -OCH3 is 2. The van der Waals surface area contributed by atoms with Gasteiger partial charge in [-0.15, -0.1) is 0 Å². The Morgan fingerprint density at radius 2 is 1.95 bits per heavy atom. The summed E-state index contributed by atoms with van der Waals surface area (Å²) in [5.74, 6) is -0.281. The third-order valence-electron chi connectivity index (χ3n) is 7.32. The number of β-amino-alcohol motifs (C(OH)–C–C–N with tert-alkyl or cyclic N) is 1. The molecule has 0 spiro atoms. The Hall–Kier alpha value is -3.26. The maximum Gasteiger partial charge on any atom is 0.167 e. The van der Waals surface area contributed by atoms with Gasteiger partial charge in [0.05, 0.1) is 20.3 Å². The van der Waals surface area contributed by atoms with E-state index >= 15 is 0 Å². The third kappa shape index (κ3) is 5.69. The smallest absolute Gasteiger partial charge is 0.167 e. The van der Waals surface area contributed by atoms with Gasteiger partial charge in [-0.1, -0.05) is 36.4 Å². The van der Waals surface area contributed by atoms with Crippen molar-refractivity contribution >= 4 is 5.78 Å². The largest absolute Gasteiger partial charge is 0.497 e. The van der Waals surface area contributed by atoms with Crippen molar-refractivity contribution < 1.29 is 23.8 Å². The molecule has 7 heteroatoms. The standard InChI is InChI=1S/C30H34FN2O4/c1-19-23(11-7-12-27(19)31)29-25(24-10-4-5-13-28(24)37-3)17-33(16-21(34)15-32)18-26(29)30(35)20-8-6-9-22(14-20)36-2/h4-9,11-14,21,25-26,29,34H,15-18,32H2,1-3H3/t21?,25-,26+,29-/m1/s1. The molecule has 1 aliphatic heterocycles. The second-order valence-corrected chi connectivity index (χ2v) is 9.55. The van der Waals surface area contributed by atoms with Crippen LogP contribution >= 0.6 is 0 Å². The average molecular weight is 506 g/mol. The number of ketones is 1. The molecule has 195 valence electrons. The molecule has 1 fully saturated rings. The molecule has 0 bridgehead atoms. The van der Waals surface area contributed by atoms with Crippen LogP contribution in [0.2, 0.25) is 0 Å². The number of ether oxygens (including phenoxy) is 2. The molecule has 0 amide bonds. The average Bonchev–Trinajstić information content (AvgIpc) is 2.93. The Labute approximate surface area is 217 Å². The number of aliphatic hydroxyl groups is 1. The predicted molar refractivity (Wildman–Crippen MR) is 141 cm³/mol. The van der Waals surface area contributed by atoms with Gasteiger partial charge in [0.2, 0.25) is 0 Å². The zero-order chi connectivity index (χ0) is 26.5. The third-order valence-corrected chi connectivity index (χ3v) is 7.32. The second-order valence-electron chi connectivity index (χ2n) is 9.55. The number of aliphatic hydroxyl groups excluding tert-OH is 1. The lowest BCUT2D eigenvalue weighted by Crippen LogP contribution is -2.50. The van der Waals surface area contributed by atoms with Crippen molar-refractivity contribution in [3.63, 3.8) is 0 Å². The number of hydrogen-bond donors (Lipinski definition) is 2. The van der Waals surface area contributed by atoms with Crippen molar-refractivity contribution in [2.24, 2.45) is 11.7 Å². The zero-order valence-corrected chi connectivity index (χ0v) is 21.5. The van der Waals surface area contributed by atoms with Gasteiger partial charge in [0.25, 0.3) is 0 Å². The molecule has 1 aliphatic rings. The highest BCUT2D eigenvalue weighted by Gasteiger charge is 2.44. The number of rotatable bonds is 9. The normalized spacial score (nSPS) is 20.9. The van der Waals surface area contributed by atoms with Gasteiger partial charge in [-0.3, -0.25) is 9.69 Å². The van der Waals surface area contributed by atoms with Crippen molar-refractivity contribution in [1.82, 2.24) is 4.90 Å². The van der Waals surface area contributed by atoms with E-state index in [2.05, 4.69) is 11.0 Å². The van der Waals surface area contributed by atoms with Crippen LogP contribution in [0.4, 0.5) is 4.39 Å². The minimum absolute atomic E-state index is 0.0700. The lowest BCUT2D eigenvalue weighted by Gasteiger charge is -2.45. The lowest BCUT2D eigenvalue weighted by molar-refractivity contribution is 0.0570. The predicted octanol–water partition coefficient (Wildman–Crippen LogP) is 3.95. The van der Waals surface area contributed by atoms with Crippen LogP contribution in [-0.4, -0.2) is 62.3 Å². The number of carbonyl (C=O) groups is 1. The first-order valence-corrected chi connectivity index (χ1v) is 12.5. The fraction of sp³-hybridized carbons (Fsp3) is 0.367. The topological polar surface area (TPSA) is 85.0 Å². The molecular formula is C30H34FN2O4. The van der Waals surface area contributed by atoms with E-state index in [1.807, 2.05) is 24.3 Å². The van der Waals surface area contributed by atoms with Gasteiger partial charge >= 0.3 is 0 Å². The molecule has 37 heavy (non-hydrogen) atoms. The Kier molecular flexibility index (Phi) is 8.59. The molecule has 1 saturated heterocycles. The van der Waals surface area contributed by atoms with Crippen LogP contribution in [0, 0.1) is 24.7 Å². The summed E-state index contributed by atoms with van der Waals surface area (Å²) in [5.41, 5.74) is 8.36. The zero-order valence-electron chi connectivity index (χ0n) is 21.5. The van der Waals surface area contributed by atoms with E-state index in [1.165, 1.54) is 6.07 Å². The number of benzene rings is 3. The minimum atomic E-state index is -0.734. The fourth-order valence-corrected chi connectivity index (χ4v) is 5.49. The Balaban J connectivity index is 1.89.